The van der Waals surface area contributed by atoms with Crippen LogP contribution in [-0.4, -0.2) is 30.7 Å². The van der Waals surface area contributed by atoms with Gasteiger partial charge in [-0.3, -0.25) is 4.79 Å². The lowest BCUT2D eigenvalue weighted by molar-refractivity contribution is -0.153. The van der Waals surface area contributed by atoms with Crippen molar-refractivity contribution in [2.75, 3.05) is 13.7 Å². The van der Waals surface area contributed by atoms with E-state index in [2.05, 4.69) is 0 Å². The monoisotopic (exact) mass is 447 g/mol. The molecule has 0 unspecified atom stereocenters. The lowest BCUT2D eigenvalue weighted by Gasteiger charge is -2.22. The number of benzene rings is 2. The molecule has 5 nitrogen and oxygen atoms in total. The van der Waals surface area contributed by atoms with Crippen molar-refractivity contribution < 1.29 is 31.9 Å². The predicted molar refractivity (Wildman–Crippen MR) is 112 cm³/mol. The van der Waals surface area contributed by atoms with E-state index in [0.717, 1.165) is 11.1 Å². The van der Waals surface area contributed by atoms with Crippen LogP contribution in [0.1, 0.15) is 23.3 Å². The minimum absolute atomic E-state index is 0.00317. The third-order valence-corrected chi connectivity index (χ3v) is 4.74. The normalized spacial score (nSPS) is 11.2. The smallest absolute Gasteiger partial charge is 0.422 e. The maximum Gasteiger partial charge on any atom is 0.422 e. The molecule has 0 spiro atoms. The zero-order valence-corrected chi connectivity index (χ0v) is 17.6. The summed E-state index contributed by atoms with van der Waals surface area (Å²) in [7, 11) is 1.36. The number of alkyl halides is 3. The zero-order valence-electron chi connectivity index (χ0n) is 17.6. The molecule has 8 heteroatoms. The quantitative estimate of drug-likeness (QED) is 0.418. The van der Waals surface area contributed by atoms with E-state index in [1.54, 1.807) is 29.4 Å². The Labute approximate surface area is 184 Å². The molecule has 3 aromatic rings. The van der Waals surface area contributed by atoms with Crippen molar-refractivity contribution in [1.82, 2.24) is 4.90 Å². The van der Waals surface area contributed by atoms with Gasteiger partial charge in [-0.1, -0.05) is 36.4 Å². The van der Waals surface area contributed by atoms with Crippen molar-refractivity contribution in [3.8, 4) is 11.5 Å². The molecule has 3 rings (SSSR count). The van der Waals surface area contributed by atoms with Crippen LogP contribution in [0.4, 0.5) is 13.2 Å². The highest BCUT2D eigenvalue weighted by Gasteiger charge is 2.29. The molecule has 0 saturated carbocycles. The largest absolute Gasteiger partial charge is 0.493 e. The van der Waals surface area contributed by atoms with E-state index in [1.807, 2.05) is 36.4 Å². The highest BCUT2D eigenvalue weighted by Crippen LogP contribution is 2.30. The summed E-state index contributed by atoms with van der Waals surface area (Å²) in [6, 6.07) is 17.9. The number of nitrogens with zero attached hydrogens (tertiary/aromatic N) is 1. The highest BCUT2D eigenvalue weighted by molar-refractivity contribution is 5.76. The van der Waals surface area contributed by atoms with E-state index in [0.29, 0.717) is 25.3 Å². The fraction of sp³-hybridized carbons (Fsp3) is 0.292. The average molecular weight is 447 g/mol. The first-order chi connectivity index (χ1) is 15.3. The Bertz CT molecular complexity index is 988. The molecule has 1 aromatic heterocycles. The SMILES string of the molecule is COc1cc(CCC(=O)N(Cc2ccccc2)Cc2ccco2)ccc1OCC(F)(F)F. The number of ether oxygens (including phenoxy) is 2. The number of hydrogen-bond donors (Lipinski definition) is 0. The van der Waals surface area contributed by atoms with Crippen molar-refractivity contribution in [1.29, 1.82) is 0 Å². The standard InChI is InChI=1S/C24H24F3NO4/c1-30-22-14-18(9-11-21(22)32-17-24(25,26)27)10-12-23(29)28(16-20-8-5-13-31-20)15-19-6-3-2-4-7-19/h2-9,11,13-14H,10,12,15-17H2,1H3. The fourth-order valence-corrected chi connectivity index (χ4v) is 3.18. The molecule has 2 aromatic carbocycles. The summed E-state index contributed by atoms with van der Waals surface area (Å²) in [5.41, 5.74) is 1.76. The van der Waals surface area contributed by atoms with E-state index < -0.39 is 12.8 Å². The predicted octanol–water partition coefficient (Wildman–Crippen LogP) is 5.39. The topological polar surface area (TPSA) is 51.9 Å². The van der Waals surface area contributed by atoms with Gasteiger partial charge in [0.25, 0.3) is 0 Å². The van der Waals surface area contributed by atoms with Gasteiger partial charge in [-0.05, 0) is 41.8 Å². The summed E-state index contributed by atoms with van der Waals surface area (Å²) in [4.78, 5) is 14.7. The molecular formula is C24H24F3NO4. The molecule has 32 heavy (non-hydrogen) atoms. The van der Waals surface area contributed by atoms with Crippen molar-refractivity contribution in [2.45, 2.75) is 32.1 Å². The summed E-state index contributed by atoms with van der Waals surface area (Å²) in [5.74, 6) is 0.808. The maximum absolute atomic E-state index is 13.0. The Morgan fingerprint density at radius 2 is 1.75 bits per heavy atom. The first-order valence-electron chi connectivity index (χ1n) is 10.0. The molecule has 0 atom stereocenters. The number of furan rings is 1. The van der Waals surface area contributed by atoms with Crippen LogP contribution in [0.15, 0.2) is 71.3 Å². The van der Waals surface area contributed by atoms with E-state index in [-0.39, 0.29) is 23.8 Å². The number of aryl methyl sites for hydroxylation is 1. The molecule has 1 heterocycles. The summed E-state index contributed by atoms with van der Waals surface area (Å²) >= 11 is 0. The molecule has 0 fully saturated rings. The molecule has 0 aliphatic carbocycles. The van der Waals surface area contributed by atoms with Crippen LogP contribution in [-0.2, 0) is 24.3 Å². The first-order valence-corrected chi connectivity index (χ1v) is 10.0. The van der Waals surface area contributed by atoms with E-state index in [4.69, 9.17) is 13.9 Å². The minimum atomic E-state index is -4.44. The zero-order chi connectivity index (χ0) is 23.0. The number of hydrogen-bond acceptors (Lipinski definition) is 4. The van der Waals surface area contributed by atoms with Crippen molar-refractivity contribution in [3.05, 3.63) is 83.8 Å². The second kappa shape index (κ2) is 10.7. The average Bonchev–Trinajstić information content (AvgIpc) is 3.29. The van der Waals surface area contributed by atoms with Crippen molar-refractivity contribution in [3.63, 3.8) is 0 Å². The minimum Gasteiger partial charge on any atom is -0.493 e. The van der Waals surface area contributed by atoms with Gasteiger partial charge in [0.1, 0.15) is 5.76 Å². The van der Waals surface area contributed by atoms with Crippen molar-refractivity contribution in [2.24, 2.45) is 0 Å². The Hall–Kier alpha value is -3.42. The summed E-state index contributed by atoms with van der Waals surface area (Å²) in [6.07, 6.45) is -2.25. The highest BCUT2D eigenvalue weighted by atomic mass is 19.4. The van der Waals surface area contributed by atoms with Gasteiger partial charge < -0.3 is 18.8 Å². The van der Waals surface area contributed by atoms with Crippen LogP contribution >= 0.6 is 0 Å². The summed E-state index contributed by atoms with van der Waals surface area (Å²) in [6.45, 7) is -0.620. The van der Waals surface area contributed by atoms with Gasteiger partial charge in [-0.15, -0.1) is 0 Å². The van der Waals surface area contributed by atoms with Gasteiger partial charge in [0.15, 0.2) is 18.1 Å². The Balaban J connectivity index is 1.65. The lowest BCUT2D eigenvalue weighted by Crippen LogP contribution is -2.30. The van der Waals surface area contributed by atoms with Crippen LogP contribution in [0.25, 0.3) is 0 Å². The fourth-order valence-electron chi connectivity index (χ4n) is 3.18. The molecule has 170 valence electrons. The second-order valence-corrected chi connectivity index (χ2v) is 7.20. The summed E-state index contributed by atoms with van der Waals surface area (Å²) in [5, 5.41) is 0. The van der Waals surface area contributed by atoms with Crippen LogP contribution in [0, 0.1) is 0 Å². The Morgan fingerprint density at radius 1 is 0.969 bits per heavy atom. The number of halogens is 3. The van der Waals surface area contributed by atoms with Crippen LogP contribution in [0.2, 0.25) is 0 Å². The maximum atomic E-state index is 13.0. The van der Waals surface area contributed by atoms with Gasteiger partial charge in [0, 0.05) is 13.0 Å². The van der Waals surface area contributed by atoms with E-state index in [9.17, 15) is 18.0 Å². The number of rotatable bonds is 10. The third-order valence-electron chi connectivity index (χ3n) is 4.74. The van der Waals surface area contributed by atoms with Gasteiger partial charge in [0.2, 0.25) is 5.91 Å². The molecule has 0 saturated heterocycles. The summed E-state index contributed by atoms with van der Waals surface area (Å²) < 4.78 is 52.6. The van der Waals surface area contributed by atoms with Crippen LogP contribution in [0.5, 0.6) is 11.5 Å². The van der Waals surface area contributed by atoms with E-state index >= 15 is 0 Å². The molecule has 0 radical (unpaired) electrons. The van der Waals surface area contributed by atoms with Gasteiger partial charge in [-0.2, -0.15) is 13.2 Å². The Kier molecular flexibility index (Phi) is 7.81. The van der Waals surface area contributed by atoms with Crippen molar-refractivity contribution >= 4 is 5.91 Å². The molecule has 0 bridgehead atoms. The molecule has 0 N–H and O–H groups in total. The number of carbonyl (C=O) groups is 1. The number of amides is 1. The Morgan fingerprint density at radius 3 is 2.41 bits per heavy atom. The first kappa shape index (κ1) is 23.2. The van der Waals surface area contributed by atoms with Gasteiger partial charge in [-0.25, -0.2) is 0 Å². The van der Waals surface area contributed by atoms with Gasteiger partial charge >= 0.3 is 6.18 Å². The number of methoxy groups -OCH3 is 1. The lowest BCUT2D eigenvalue weighted by atomic mass is 10.1. The molecular weight excluding hydrogens is 423 g/mol. The second-order valence-electron chi connectivity index (χ2n) is 7.20. The molecule has 0 aliphatic heterocycles. The third kappa shape index (κ3) is 7.08. The molecule has 1 amide bonds. The molecule has 0 aliphatic rings. The van der Waals surface area contributed by atoms with Crippen LogP contribution < -0.4 is 9.47 Å². The number of carbonyl (C=O) groups excluding carboxylic acids is 1. The van der Waals surface area contributed by atoms with Crippen LogP contribution in [0.3, 0.4) is 0 Å². The van der Waals surface area contributed by atoms with E-state index in [1.165, 1.54) is 13.2 Å². The van der Waals surface area contributed by atoms with Gasteiger partial charge in [0.05, 0.1) is 19.9 Å².